The first-order valence-corrected chi connectivity index (χ1v) is 5.86. The Labute approximate surface area is 108 Å². The lowest BCUT2D eigenvalue weighted by Gasteiger charge is -2.07. The molecule has 0 radical (unpaired) electrons. The minimum Gasteiger partial charge on any atom is -0.493 e. The van der Waals surface area contributed by atoms with Gasteiger partial charge < -0.3 is 5.11 Å². The highest BCUT2D eigenvalue weighted by molar-refractivity contribution is 6.17. The summed E-state index contributed by atoms with van der Waals surface area (Å²) in [5.74, 6) is 0.309. The van der Waals surface area contributed by atoms with E-state index < -0.39 is 0 Å². The summed E-state index contributed by atoms with van der Waals surface area (Å²) in [4.78, 5) is 7.86. The molecule has 3 aromatic rings. The zero-order chi connectivity index (χ0) is 12.5. The van der Waals surface area contributed by atoms with E-state index in [-0.39, 0.29) is 5.88 Å². The second-order valence-corrected chi connectivity index (χ2v) is 4.02. The van der Waals surface area contributed by atoms with E-state index in [0.717, 1.165) is 11.3 Å². The third-order valence-electron chi connectivity index (χ3n) is 2.71. The maximum atomic E-state index is 9.63. The maximum absolute atomic E-state index is 9.63. The van der Waals surface area contributed by atoms with Gasteiger partial charge in [-0.3, -0.25) is 0 Å². The molecule has 3 rings (SSSR count). The Kier molecular flexibility index (Phi) is 2.60. The van der Waals surface area contributed by atoms with Gasteiger partial charge in [0, 0.05) is 5.88 Å². The van der Waals surface area contributed by atoms with E-state index in [4.69, 9.17) is 11.6 Å². The Bertz CT molecular complexity index is 710. The molecule has 0 atom stereocenters. The van der Waals surface area contributed by atoms with Crippen molar-refractivity contribution in [3.8, 4) is 11.6 Å². The van der Waals surface area contributed by atoms with Crippen LogP contribution in [0.4, 0.5) is 0 Å². The molecule has 90 valence electrons. The van der Waals surface area contributed by atoms with Crippen LogP contribution in [-0.2, 0) is 5.88 Å². The molecule has 5 nitrogen and oxygen atoms in total. The third kappa shape index (κ3) is 1.60. The Balaban J connectivity index is 2.29. The lowest BCUT2D eigenvalue weighted by Crippen LogP contribution is -2.01. The number of fused-ring (bicyclic) bond motifs is 1. The van der Waals surface area contributed by atoms with E-state index in [2.05, 4.69) is 15.1 Å². The van der Waals surface area contributed by atoms with Gasteiger partial charge in [0.05, 0.1) is 11.9 Å². The summed E-state index contributed by atoms with van der Waals surface area (Å²) in [6.07, 6.45) is 2.84. The second kappa shape index (κ2) is 4.27. The zero-order valence-corrected chi connectivity index (χ0v) is 10.0. The van der Waals surface area contributed by atoms with Gasteiger partial charge in [-0.1, -0.05) is 18.2 Å². The van der Waals surface area contributed by atoms with Crippen molar-refractivity contribution in [3.63, 3.8) is 0 Å². The SMILES string of the molecule is Oc1ncnc2c1cnn2-c1ccccc1CCl. The summed E-state index contributed by atoms with van der Waals surface area (Å²) in [6.45, 7) is 0. The molecular formula is C12H9ClN4O. The van der Waals surface area contributed by atoms with Crippen LogP contribution in [0, 0.1) is 0 Å². The minimum atomic E-state index is -0.0744. The highest BCUT2D eigenvalue weighted by atomic mass is 35.5. The zero-order valence-electron chi connectivity index (χ0n) is 9.29. The van der Waals surface area contributed by atoms with Crippen molar-refractivity contribution in [3.05, 3.63) is 42.4 Å². The van der Waals surface area contributed by atoms with Crippen LogP contribution in [0.1, 0.15) is 5.56 Å². The van der Waals surface area contributed by atoms with E-state index in [1.807, 2.05) is 24.3 Å². The standard InChI is InChI=1S/C12H9ClN4O/c13-5-8-3-1-2-4-10(8)17-11-9(6-16-17)12(18)15-7-14-11/h1-4,6-7H,5H2,(H,14,15,18). The van der Waals surface area contributed by atoms with Crippen LogP contribution in [0.3, 0.4) is 0 Å². The Hall–Kier alpha value is -2.14. The fourth-order valence-electron chi connectivity index (χ4n) is 1.84. The topological polar surface area (TPSA) is 63.8 Å². The fourth-order valence-corrected chi connectivity index (χ4v) is 2.06. The number of hydrogen-bond acceptors (Lipinski definition) is 4. The van der Waals surface area contributed by atoms with Crippen LogP contribution < -0.4 is 0 Å². The Morgan fingerprint density at radius 1 is 1.22 bits per heavy atom. The quantitative estimate of drug-likeness (QED) is 0.718. The molecular weight excluding hydrogens is 252 g/mol. The van der Waals surface area contributed by atoms with Crippen LogP contribution >= 0.6 is 11.6 Å². The highest BCUT2D eigenvalue weighted by Crippen LogP contribution is 2.24. The summed E-state index contributed by atoms with van der Waals surface area (Å²) >= 11 is 5.91. The number of nitrogens with zero attached hydrogens (tertiary/aromatic N) is 4. The van der Waals surface area contributed by atoms with Gasteiger partial charge in [-0.05, 0) is 11.6 Å². The smallest absolute Gasteiger partial charge is 0.225 e. The maximum Gasteiger partial charge on any atom is 0.225 e. The lowest BCUT2D eigenvalue weighted by atomic mass is 10.2. The summed E-state index contributed by atoms with van der Waals surface area (Å²) in [6, 6.07) is 7.65. The average molecular weight is 261 g/mol. The number of benzene rings is 1. The minimum absolute atomic E-state index is 0.0744. The number of halogens is 1. The average Bonchev–Trinajstić information content (AvgIpc) is 2.84. The van der Waals surface area contributed by atoms with Crippen LogP contribution in [0.2, 0.25) is 0 Å². The van der Waals surface area contributed by atoms with E-state index in [0.29, 0.717) is 16.9 Å². The number of alkyl halides is 1. The van der Waals surface area contributed by atoms with Crippen LogP contribution in [0.15, 0.2) is 36.8 Å². The predicted octanol–water partition coefficient (Wildman–Crippen LogP) is 2.26. The predicted molar refractivity (Wildman–Crippen MR) is 67.9 cm³/mol. The molecule has 0 aliphatic heterocycles. The lowest BCUT2D eigenvalue weighted by molar-refractivity contribution is 0.459. The molecule has 0 spiro atoms. The molecule has 0 aliphatic rings. The van der Waals surface area contributed by atoms with Crippen LogP contribution in [0.5, 0.6) is 5.88 Å². The number of aromatic nitrogens is 4. The highest BCUT2D eigenvalue weighted by Gasteiger charge is 2.12. The molecule has 1 aromatic carbocycles. The van der Waals surface area contributed by atoms with E-state index in [1.54, 1.807) is 4.68 Å². The summed E-state index contributed by atoms with van der Waals surface area (Å²) < 4.78 is 1.65. The molecule has 0 saturated carbocycles. The van der Waals surface area contributed by atoms with Crippen molar-refractivity contribution in [2.75, 3.05) is 0 Å². The molecule has 0 amide bonds. The van der Waals surface area contributed by atoms with Crippen molar-refractivity contribution in [1.82, 2.24) is 19.7 Å². The molecule has 0 unspecified atom stereocenters. The van der Waals surface area contributed by atoms with Crippen LogP contribution in [-0.4, -0.2) is 24.9 Å². The normalized spacial score (nSPS) is 10.9. The molecule has 2 heterocycles. The summed E-state index contributed by atoms with van der Waals surface area (Å²) in [5, 5.41) is 14.4. The van der Waals surface area contributed by atoms with Gasteiger partial charge in [-0.2, -0.15) is 5.10 Å². The van der Waals surface area contributed by atoms with Gasteiger partial charge in [-0.15, -0.1) is 11.6 Å². The molecule has 1 N–H and O–H groups in total. The van der Waals surface area contributed by atoms with Crippen molar-refractivity contribution in [1.29, 1.82) is 0 Å². The third-order valence-corrected chi connectivity index (χ3v) is 3.00. The Morgan fingerprint density at radius 2 is 2.06 bits per heavy atom. The molecule has 0 fully saturated rings. The number of aromatic hydroxyl groups is 1. The number of hydrogen-bond donors (Lipinski definition) is 1. The monoisotopic (exact) mass is 260 g/mol. The molecule has 6 heteroatoms. The second-order valence-electron chi connectivity index (χ2n) is 3.75. The van der Waals surface area contributed by atoms with Gasteiger partial charge in [0.2, 0.25) is 5.88 Å². The molecule has 0 bridgehead atoms. The fraction of sp³-hybridized carbons (Fsp3) is 0.0833. The first-order chi connectivity index (χ1) is 8.81. The first-order valence-electron chi connectivity index (χ1n) is 5.33. The van der Waals surface area contributed by atoms with E-state index >= 15 is 0 Å². The molecule has 0 aliphatic carbocycles. The first kappa shape index (κ1) is 11.0. The van der Waals surface area contributed by atoms with Crippen molar-refractivity contribution >= 4 is 22.6 Å². The molecule has 18 heavy (non-hydrogen) atoms. The largest absolute Gasteiger partial charge is 0.493 e. The van der Waals surface area contributed by atoms with Crippen molar-refractivity contribution < 1.29 is 5.11 Å². The summed E-state index contributed by atoms with van der Waals surface area (Å²) in [7, 11) is 0. The number of rotatable bonds is 2. The summed E-state index contributed by atoms with van der Waals surface area (Å²) in [5.41, 5.74) is 2.35. The molecule has 2 aromatic heterocycles. The van der Waals surface area contributed by atoms with Gasteiger partial charge in [-0.25, -0.2) is 14.6 Å². The van der Waals surface area contributed by atoms with Crippen molar-refractivity contribution in [2.45, 2.75) is 5.88 Å². The van der Waals surface area contributed by atoms with Gasteiger partial charge in [0.1, 0.15) is 11.7 Å². The Morgan fingerprint density at radius 3 is 2.89 bits per heavy atom. The number of para-hydroxylation sites is 1. The van der Waals surface area contributed by atoms with Gasteiger partial charge in [0.15, 0.2) is 5.65 Å². The van der Waals surface area contributed by atoms with E-state index in [9.17, 15) is 5.11 Å². The van der Waals surface area contributed by atoms with E-state index in [1.165, 1.54) is 12.5 Å². The molecule has 0 saturated heterocycles. The van der Waals surface area contributed by atoms with Crippen molar-refractivity contribution in [2.24, 2.45) is 0 Å². The van der Waals surface area contributed by atoms with Crippen LogP contribution in [0.25, 0.3) is 16.7 Å². The van der Waals surface area contributed by atoms with Gasteiger partial charge in [0.25, 0.3) is 0 Å². The van der Waals surface area contributed by atoms with Gasteiger partial charge >= 0.3 is 0 Å².